The van der Waals surface area contributed by atoms with Gasteiger partial charge in [0.1, 0.15) is 5.69 Å². The van der Waals surface area contributed by atoms with E-state index in [0.717, 1.165) is 54.0 Å². The fourth-order valence-electron chi connectivity index (χ4n) is 8.13. The van der Waals surface area contributed by atoms with Crippen LogP contribution in [-0.2, 0) is 22.6 Å². The first-order valence-electron chi connectivity index (χ1n) is 13.8. The fourth-order valence-corrected chi connectivity index (χ4v) is 8.13. The molecule has 5 aliphatic rings. The van der Waals surface area contributed by atoms with Crippen LogP contribution in [0, 0.1) is 29.1 Å². The summed E-state index contributed by atoms with van der Waals surface area (Å²) in [6.45, 7) is 5.28. The number of aryl methyl sites for hydroxylation is 1. The minimum absolute atomic E-state index is 0.0252. The molecule has 2 atom stereocenters. The van der Waals surface area contributed by atoms with E-state index in [1.807, 2.05) is 41.9 Å². The number of hydrogen-bond acceptors (Lipinski definition) is 4. The van der Waals surface area contributed by atoms with Crippen molar-refractivity contribution in [1.29, 1.82) is 0 Å². The molecule has 1 amide bonds. The van der Waals surface area contributed by atoms with E-state index >= 15 is 0 Å². The van der Waals surface area contributed by atoms with E-state index in [4.69, 9.17) is 14.9 Å². The normalized spacial score (nSPS) is 31.8. The van der Waals surface area contributed by atoms with Gasteiger partial charge in [0, 0.05) is 11.6 Å². The van der Waals surface area contributed by atoms with Crippen molar-refractivity contribution in [2.45, 2.75) is 77.7 Å². The number of nitrogens with one attached hydrogen (secondary N) is 1. The SMILES string of the molecule is CCOOCC1CCc2nn(-c3ccccc3)c(C(=O)NC(C)C34CC5CC(CC(C5)C3)C4)c2C1. The third-order valence-electron chi connectivity index (χ3n) is 9.42. The second kappa shape index (κ2) is 9.36. The molecular formula is C29H39N3O3. The Bertz CT molecular complexity index is 1030. The van der Waals surface area contributed by atoms with Crippen molar-refractivity contribution >= 4 is 5.91 Å². The minimum atomic E-state index is 0.0252. The number of para-hydroxylation sites is 1. The van der Waals surface area contributed by atoms with E-state index in [1.165, 1.54) is 38.5 Å². The predicted molar refractivity (Wildman–Crippen MR) is 134 cm³/mol. The predicted octanol–water partition coefficient (Wildman–Crippen LogP) is 5.28. The van der Waals surface area contributed by atoms with Crippen molar-refractivity contribution in [2.75, 3.05) is 13.2 Å². The highest BCUT2D eigenvalue weighted by molar-refractivity contribution is 5.95. The Morgan fingerprint density at radius 3 is 2.46 bits per heavy atom. The molecule has 0 spiro atoms. The zero-order chi connectivity index (χ0) is 24.0. The van der Waals surface area contributed by atoms with Crippen molar-refractivity contribution in [1.82, 2.24) is 15.1 Å². The molecule has 5 aliphatic carbocycles. The van der Waals surface area contributed by atoms with Gasteiger partial charge in [0.25, 0.3) is 5.91 Å². The standard InChI is InChI=1S/C29H39N3O3/c1-3-34-35-18-20-9-10-26-25(14-20)27(32(31-26)24-7-5-4-6-8-24)28(33)30-19(2)29-15-21-11-22(16-29)13-23(12-21)17-29/h4-8,19-23H,3,9-18H2,1-2H3,(H,30,33). The molecule has 7 rings (SSSR count). The summed E-state index contributed by atoms with van der Waals surface area (Å²) < 4.78 is 1.89. The summed E-state index contributed by atoms with van der Waals surface area (Å²) in [7, 11) is 0. The molecule has 0 radical (unpaired) electrons. The molecule has 6 heteroatoms. The third-order valence-corrected chi connectivity index (χ3v) is 9.42. The van der Waals surface area contributed by atoms with Crippen molar-refractivity contribution in [2.24, 2.45) is 29.1 Å². The van der Waals surface area contributed by atoms with Gasteiger partial charge in [-0.1, -0.05) is 18.2 Å². The number of aromatic nitrogens is 2. The number of carbonyl (C=O) groups excluding carboxylic acids is 1. The highest BCUT2D eigenvalue weighted by Gasteiger charge is 2.53. The van der Waals surface area contributed by atoms with Crippen LogP contribution in [0.2, 0.25) is 0 Å². The Morgan fingerprint density at radius 1 is 1.11 bits per heavy atom. The summed E-state index contributed by atoms with van der Waals surface area (Å²) in [5.74, 6) is 2.96. The van der Waals surface area contributed by atoms with Crippen LogP contribution < -0.4 is 5.32 Å². The van der Waals surface area contributed by atoms with E-state index in [0.29, 0.717) is 24.8 Å². The molecule has 1 N–H and O–H groups in total. The van der Waals surface area contributed by atoms with Gasteiger partial charge in [0.2, 0.25) is 0 Å². The van der Waals surface area contributed by atoms with Gasteiger partial charge in [0.05, 0.1) is 24.6 Å². The molecule has 4 saturated carbocycles. The van der Waals surface area contributed by atoms with Crippen LogP contribution in [0.3, 0.4) is 0 Å². The first-order chi connectivity index (χ1) is 17.0. The lowest BCUT2D eigenvalue weighted by Gasteiger charge is -2.59. The van der Waals surface area contributed by atoms with Crippen LogP contribution in [0.4, 0.5) is 0 Å². The molecule has 188 valence electrons. The Kier molecular flexibility index (Phi) is 6.21. The molecule has 4 bridgehead atoms. The topological polar surface area (TPSA) is 65.4 Å². The average molecular weight is 478 g/mol. The fraction of sp³-hybridized carbons (Fsp3) is 0.655. The number of benzene rings is 1. The van der Waals surface area contributed by atoms with Crippen molar-refractivity contribution in [3.8, 4) is 5.69 Å². The van der Waals surface area contributed by atoms with E-state index in [9.17, 15) is 4.79 Å². The maximum atomic E-state index is 14.0. The van der Waals surface area contributed by atoms with Gasteiger partial charge in [-0.25, -0.2) is 14.5 Å². The van der Waals surface area contributed by atoms with Gasteiger partial charge in [-0.05, 0) is 113 Å². The molecule has 2 aromatic rings. The summed E-state index contributed by atoms with van der Waals surface area (Å²) in [5.41, 5.74) is 4.06. The smallest absolute Gasteiger partial charge is 0.270 e. The first-order valence-corrected chi connectivity index (χ1v) is 13.8. The number of fused-ring (bicyclic) bond motifs is 1. The van der Waals surface area contributed by atoms with Crippen LogP contribution >= 0.6 is 0 Å². The molecule has 0 aliphatic heterocycles. The number of rotatable bonds is 8. The van der Waals surface area contributed by atoms with Crippen LogP contribution in [0.25, 0.3) is 5.69 Å². The molecule has 1 heterocycles. The maximum absolute atomic E-state index is 14.0. The van der Waals surface area contributed by atoms with Gasteiger partial charge in [-0.15, -0.1) is 0 Å². The summed E-state index contributed by atoms with van der Waals surface area (Å²) in [6, 6.07) is 10.3. The number of carbonyl (C=O) groups is 1. The molecule has 2 unspecified atom stereocenters. The monoisotopic (exact) mass is 477 g/mol. The Balaban J connectivity index is 1.28. The Morgan fingerprint density at radius 2 is 1.80 bits per heavy atom. The van der Waals surface area contributed by atoms with Crippen molar-refractivity contribution in [3.63, 3.8) is 0 Å². The van der Waals surface area contributed by atoms with Gasteiger partial charge in [0.15, 0.2) is 0 Å². The minimum Gasteiger partial charge on any atom is -0.348 e. The highest BCUT2D eigenvalue weighted by atomic mass is 17.2. The summed E-state index contributed by atoms with van der Waals surface area (Å²) in [5, 5.41) is 8.47. The van der Waals surface area contributed by atoms with Crippen LogP contribution in [-0.4, -0.2) is 34.9 Å². The summed E-state index contributed by atoms with van der Waals surface area (Å²) in [6.07, 6.45) is 10.8. The van der Waals surface area contributed by atoms with E-state index in [1.54, 1.807) is 0 Å². The molecular weight excluding hydrogens is 438 g/mol. The Labute approximate surface area is 208 Å². The molecule has 1 aromatic carbocycles. The van der Waals surface area contributed by atoms with E-state index in [2.05, 4.69) is 12.2 Å². The van der Waals surface area contributed by atoms with Crippen LogP contribution in [0.15, 0.2) is 30.3 Å². The van der Waals surface area contributed by atoms with Gasteiger partial charge in [-0.2, -0.15) is 5.10 Å². The zero-order valence-electron chi connectivity index (χ0n) is 21.2. The first kappa shape index (κ1) is 23.2. The quantitative estimate of drug-likeness (QED) is 0.319. The zero-order valence-corrected chi connectivity index (χ0v) is 21.2. The lowest BCUT2D eigenvalue weighted by molar-refractivity contribution is -0.298. The number of hydrogen-bond donors (Lipinski definition) is 1. The Hall–Kier alpha value is -2.18. The third kappa shape index (κ3) is 4.33. The number of nitrogens with zero attached hydrogens (tertiary/aromatic N) is 2. The van der Waals surface area contributed by atoms with E-state index in [-0.39, 0.29) is 17.4 Å². The number of amides is 1. The highest BCUT2D eigenvalue weighted by Crippen LogP contribution is 2.61. The van der Waals surface area contributed by atoms with Crippen LogP contribution in [0.5, 0.6) is 0 Å². The van der Waals surface area contributed by atoms with Gasteiger partial charge in [-0.3, -0.25) is 4.79 Å². The molecule has 6 nitrogen and oxygen atoms in total. The van der Waals surface area contributed by atoms with Crippen LogP contribution in [0.1, 0.15) is 80.5 Å². The summed E-state index contributed by atoms with van der Waals surface area (Å²) >= 11 is 0. The lowest BCUT2D eigenvalue weighted by Crippen LogP contribution is -2.56. The second-order valence-corrected chi connectivity index (χ2v) is 11.8. The lowest BCUT2D eigenvalue weighted by atomic mass is 9.48. The molecule has 1 aromatic heterocycles. The van der Waals surface area contributed by atoms with Crippen molar-refractivity contribution in [3.05, 3.63) is 47.3 Å². The van der Waals surface area contributed by atoms with E-state index < -0.39 is 0 Å². The second-order valence-electron chi connectivity index (χ2n) is 11.8. The van der Waals surface area contributed by atoms with Gasteiger partial charge >= 0.3 is 0 Å². The molecule has 4 fully saturated rings. The molecule has 0 saturated heterocycles. The largest absolute Gasteiger partial charge is 0.348 e. The maximum Gasteiger partial charge on any atom is 0.270 e. The van der Waals surface area contributed by atoms with Crippen molar-refractivity contribution < 1.29 is 14.6 Å². The molecule has 35 heavy (non-hydrogen) atoms. The summed E-state index contributed by atoms with van der Waals surface area (Å²) in [4.78, 5) is 24.6. The van der Waals surface area contributed by atoms with Gasteiger partial charge < -0.3 is 5.32 Å². The average Bonchev–Trinajstić information content (AvgIpc) is 3.23.